The molecule has 1 aliphatic heterocycles. The highest BCUT2D eigenvalue weighted by atomic mass is 16.5. The molecule has 0 aromatic carbocycles. The van der Waals surface area contributed by atoms with Gasteiger partial charge in [-0.25, -0.2) is 4.98 Å². The molecule has 1 amide bonds. The first-order chi connectivity index (χ1) is 16.6. The van der Waals surface area contributed by atoms with Crippen molar-refractivity contribution in [1.82, 2.24) is 24.2 Å². The van der Waals surface area contributed by atoms with E-state index in [1.54, 1.807) is 22.9 Å². The first kappa shape index (κ1) is 24.1. The normalized spacial score (nSPS) is 14.6. The Balaban J connectivity index is 1.67. The lowest BCUT2D eigenvalue weighted by Gasteiger charge is -2.27. The van der Waals surface area contributed by atoms with E-state index in [-0.39, 0.29) is 22.5 Å². The van der Waals surface area contributed by atoms with Gasteiger partial charge in [-0.15, -0.1) is 0 Å². The molecule has 0 atom stereocenters. The number of rotatable bonds is 10. The molecule has 0 unspecified atom stereocenters. The van der Waals surface area contributed by atoms with Gasteiger partial charge in [0.15, 0.2) is 0 Å². The van der Waals surface area contributed by atoms with Gasteiger partial charge < -0.3 is 14.6 Å². The van der Waals surface area contributed by atoms with E-state index >= 15 is 0 Å². The van der Waals surface area contributed by atoms with Gasteiger partial charge in [0.25, 0.3) is 11.5 Å². The molecule has 4 heterocycles. The van der Waals surface area contributed by atoms with Crippen LogP contribution < -0.4 is 16.4 Å². The van der Waals surface area contributed by atoms with Crippen molar-refractivity contribution in [1.29, 1.82) is 5.41 Å². The number of amides is 1. The molecule has 0 saturated carbocycles. The molecule has 1 fully saturated rings. The maximum absolute atomic E-state index is 13.3. The minimum Gasteiger partial charge on any atom is -0.379 e. The largest absolute Gasteiger partial charge is 0.379 e. The second-order valence-electron chi connectivity index (χ2n) is 8.77. The molecular weight excluding hydrogens is 432 g/mol. The number of morpholine rings is 1. The third-order valence-corrected chi connectivity index (χ3v) is 6.37. The second kappa shape index (κ2) is 11.4. The highest BCUT2D eigenvalue weighted by Crippen LogP contribution is 2.11. The molecule has 0 spiro atoms. The van der Waals surface area contributed by atoms with Gasteiger partial charge in [-0.3, -0.25) is 24.3 Å². The molecule has 3 aromatic heterocycles. The van der Waals surface area contributed by atoms with Crippen molar-refractivity contribution in [3.05, 3.63) is 51.9 Å². The number of hydrogen-bond donors (Lipinski definition) is 2. The van der Waals surface area contributed by atoms with Crippen LogP contribution in [0.4, 0.5) is 0 Å². The summed E-state index contributed by atoms with van der Waals surface area (Å²) in [4.78, 5) is 33.3. The minimum atomic E-state index is -0.319. The summed E-state index contributed by atoms with van der Waals surface area (Å²) in [5.41, 5.74) is 0.998. The van der Waals surface area contributed by atoms with Crippen molar-refractivity contribution >= 4 is 22.6 Å². The monoisotopic (exact) mass is 466 g/mol. The topological polar surface area (TPSA) is 105 Å². The van der Waals surface area contributed by atoms with Gasteiger partial charge in [-0.1, -0.05) is 38.7 Å². The van der Waals surface area contributed by atoms with Crippen molar-refractivity contribution in [2.75, 3.05) is 39.4 Å². The Morgan fingerprint density at radius 2 is 1.94 bits per heavy atom. The Labute approximate surface area is 198 Å². The first-order valence-corrected chi connectivity index (χ1v) is 12.3. The van der Waals surface area contributed by atoms with Crippen LogP contribution in [-0.2, 0) is 11.3 Å². The standard InChI is InChI=1S/C25H34N6O3/c1-2-3-4-5-7-10-27-24(32)19-18-20-23(28-21-9-6-8-11-30(21)25(20)33)31(22(19)26)13-12-29-14-16-34-17-15-29/h6,8-9,11,18,26H,2-5,7,10,12-17H2,1H3,(H,27,32). The molecule has 2 N–H and O–H groups in total. The Bertz CT molecular complexity index is 1260. The Morgan fingerprint density at radius 3 is 2.74 bits per heavy atom. The Morgan fingerprint density at radius 1 is 1.15 bits per heavy atom. The molecule has 9 heteroatoms. The lowest BCUT2D eigenvalue weighted by molar-refractivity contribution is 0.0363. The van der Waals surface area contributed by atoms with Crippen molar-refractivity contribution in [2.24, 2.45) is 0 Å². The van der Waals surface area contributed by atoms with E-state index in [0.717, 1.165) is 32.4 Å². The van der Waals surface area contributed by atoms with Crippen LogP contribution in [0.25, 0.3) is 16.7 Å². The maximum Gasteiger partial charge on any atom is 0.267 e. The molecule has 1 saturated heterocycles. The van der Waals surface area contributed by atoms with Gasteiger partial charge in [-0.05, 0) is 24.6 Å². The molecule has 3 aromatic rings. The zero-order valence-corrected chi connectivity index (χ0v) is 19.9. The van der Waals surface area contributed by atoms with E-state index in [1.165, 1.54) is 23.3 Å². The summed E-state index contributed by atoms with van der Waals surface area (Å²) in [5.74, 6) is -0.319. The molecule has 9 nitrogen and oxygen atoms in total. The zero-order valence-electron chi connectivity index (χ0n) is 19.9. The molecule has 0 radical (unpaired) electrons. The highest BCUT2D eigenvalue weighted by Gasteiger charge is 2.18. The number of nitrogens with zero attached hydrogens (tertiary/aromatic N) is 4. The number of ether oxygens (including phenoxy) is 1. The van der Waals surface area contributed by atoms with Gasteiger partial charge >= 0.3 is 0 Å². The number of carbonyl (C=O) groups is 1. The van der Waals surface area contributed by atoms with E-state index in [9.17, 15) is 9.59 Å². The fraction of sp³-hybridized carbons (Fsp3) is 0.520. The fourth-order valence-corrected chi connectivity index (χ4v) is 4.37. The lowest BCUT2D eigenvalue weighted by Crippen LogP contribution is -2.41. The van der Waals surface area contributed by atoms with Crippen molar-refractivity contribution in [2.45, 2.75) is 45.6 Å². The van der Waals surface area contributed by atoms with Gasteiger partial charge in [-0.2, -0.15) is 0 Å². The summed E-state index contributed by atoms with van der Waals surface area (Å²) < 4.78 is 8.62. The molecule has 4 rings (SSSR count). The van der Waals surface area contributed by atoms with Crippen LogP contribution in [0.1, 0.15) is 49.4 Å². The number of pyridine rings is 2. The van der Waals surface area contributed by atoms with Gasteiger partial charge in [0.2, 0.25) is 0 Å². The number of aromatic nitrogens is 3. The van der Waals surface area contributed by atoms with Crippen LogP contribution >= 0.6 is 0 Å². The minimum absolute atomic E-state index is 0.0800. The SMILES string of the molecule is CCCCCCCNC(=O)c1cc2c(=O)n3ccccc3nc2n(CCN2CCOCC2)c1=N. The zero-order chi connectivity index (χ0) is 23.9. The summed E-state index contributed by atoms with van der Waals surface area (Å²) in [6.07, 6.45) is 7.17. The molecular formula is C25H34N6O3. The van der Waals surface area contributed by atoms with Gasteiger partial charge in [0.05, 0.1) is 24.2 Å². The van der Waals surface area contributed by atoms with Crippen molar-refractivity contribution in [3.8, 4) is 0 Å². The molecule has 34 heavy (non-hydrogen) atoms. The number of hydrogen-bond acceptors (Lipinski definition) is 6. The van der Waals surface area contributed by atoms with E-state index in [4.69, 9.17) is 15.1 Å². The summed E-state index contributed by atoms with van der Waals surface area (Å²) in [6.45, 7) is 6.89. The summed E-state index contributed by atoms with van der Waals surface area (Å²) >= 11 is 0. The summed E-state index contributed by atoms with van der Waals surface area (Å²) in [5, 5.41) is 12.1. The van der Waals surface area contributed by atoms with Crippen molar-refractivity contribution < 1.29 is 9.53 Å². The number of carbonyl (C=O) groups excluding carboxylic acids is 1. The molecule has 0 aliphatic carbocycles. The lowest BCUT2D eigenvalue weighted by atomic mass is 10.1. The number of fused-ring (bicyclic) bond motifs is 2. The van der Waals surface area contributed by atoms with Gasteiger partial charge in [0, 0.05) is 38.9 Å². The van der Waals surface area contributed by atoms with Crippen LogP contribution in [0.15, 0.2) is 35.3 Å². The quantitative estimate of drug-likeness (QED) is 0.352. The highest BCUT2D eigenvalue weighted by molar-refractivity contribution is 5.96. The second-order valence-corrected chi connectivity index (χ2v) is 8.77. The van der Waals surface area contributed by atoms with Crippen LogP contribution in [0.2, 0.25) is 0 Å². The van der Waals surface area contributed by atoms with Crippen LogP contribution in [-0.4, -0.2) is 64.2 Å². The average molecular weight is 467 g/mol. The summed E-state index contributed by atoms with van der Waals surface area (Å²) in [7, 11) is 0. The Hall–Kier alpha value is -3.04. The third-order valence-electron chi connectivity index (χ3n) is 6.37. The third kappa shape index (κ3) is 5.37. The maximum atomic E-state index is 13.3. The molecule has 0 bridgehead atoms. The Kier molecular flexibility index (Phi) is 8.08. The predicted octanol–water partition coefficient (Wildman–Crippen LogP) is 2.16. The van der Waals surface area contributed by atoms with Gasteiger partial charge in [0.1, 0.15) is 16.8 Å². The van der Waals surface area contributed by atoms with Crippen LogP contribution in [0, 0.1) is 5.41 Å². The fourth-order valence-electron chi connectivity index (χ4n) is 4.37. The average Bonchev–Trinajstić information content (AvgIpc) is 2.86. The first-order valence-electron chi connectivity index (χ1n) is 12.3. The predicted molar refractivity (Wildman–Crippen MR) is 131 cm³/mol. The smallest absolute Gasteiger partial charge is 0.267 e. The molecule has 1 aliphatic rings. The summed E-state index contributed by atoms with van der Waals surface area (Å²) in [6, 6.07) is 6.91. The van der Waals surface area contributed by atoms with E-state index < -0.39 is 0 Å². The van der Waals surface area contributed by atoms with E-state index in [2.05, 4.69) is 17.1 Å². The molecule has 182 valence electrons. The van der Waals surface area contributed by atoms with Crippen LogP contribution in [0.3, 0.4) is 0 Å². The van der Waals surface area contributed by atoms with E-state index in [0.29, 0.717) is 49.5 Å². The van der Waals surface area contributed by atoms with Crippen molar-refractivity contribution in [3.63, 3.8) is 0 Å². The number of unbranched alkanes of at least 4 members (excludes halogenated alkanes) is 4. The van der Waals surface area contributed by atoms with Crippen LogP contribution in [0.5, 0.6) is 0 Å². The van der Waals surface area contributed by atoms with E-state index in [1.807, 2.05) is 6.07 Å². The number of nitrogens with one attached hydrogen (secondary N) is 2.